The summed E-state index contributed by atoms with van der Waals surface area (Å²) in [6.45, 7) is 7.29. The van der Waals surface area contributed by atoms with E-state index in [1.54, 1.807) is 13.8 Å². The molecule has 156 valence electrons. The van der Waals surface area contributed by atoms with E-state index < -0.39 is 15.3 Å². The number of nitrogens with zero attached hydrogens (tertiary/aromatic N) is 1. The molecule has 0 saturated heterocycles. The van der Waals surface area contributed by atoms with Crippen LogP contribution in [0.4, 0.5) is 5.69 Å². The van der Waals surface area contributed by atoms with Gasteiger partial charge in [0.05, 0.1) is 11.8 Å². The van der Waals surface area contributed by atoms with Crippen molar-refractivity contribution in [3.05, 3.63) is 29.3 Å². The van der Waals surface area contributed by atoms with Gasteiger partial charge in [-0.3, -0.25) is 4.79 Å². The van der Waals surface area contributed by atoms with Crippen LogP contribution >= 0.6 is 0 Å². The van der Waals surface area contributed by atoms with E-state index in [4.69, 9.17) is 0 Å². The van der Waals surface area contributed by atoms with Crippen molar-refractivity contribution in [3.63, 3.8) is 0 Å². The standard InChI is InChI=1S/C21H33N3O3S/c1-15(2)28(26,27)22-13-17-5-7-19(8-6-17)23-21(25)14-24-11-10-18-12-16(3)4-9-20(18)24/h4,9,12,15,17,19,22H,5-8,10-11,13-14H2,1-3H3,(H,23,25). The highest BCUT2D eigenvalue weighted by Gasteiger charge is 2.26. The second-order valence-electron chi connectivity index (χ2n) is 8.53. The number of nitrogens with one attached hydrogen (secondary N) is 2. The molecular weight excluding hydrogens is 374 g/mol. The summed E-state index contributed by atoms with van der Waals surface area (Å²) in [5.41, 5.74) is 3.77. The first-order chi connectivity index (χ1) is 13.2. The number of amides is 1. The number of carbonyl (C=O) groups is 1. The van der Waals surface area contributed by atoms with E-state index >= 15 is 0 Å². The molecular formula is C21H33N3O3S. The monoisotopic (exact) mass is 407 g/mol. The number of anilines is 1. The fraction of sp³-hybridized carbons (Fsp3) is 0.667. The van der Waals surface area contributed by atoms with Gasteiger partial charge in [0.25, 0.3) is 0 Å². The first-order valence-corrected chi connectivity index (χ1v) is 11.9. The average molecular weight is 408 g/mol. The molecule has 3 rings (SSSR count). The van der Waals surface area contributed by atoms with Crippen LogP contribution in [-0.4, -0.2) is 45.3 Å². The summed E-state index contributed by atoms with van der Waals surface area (Å²) in [4.78, 5) is 14.7. The largest absolute Gasteiger partial charge is 0.362 e. The zero-order valence-corrected chi connectivity index (χ0v) is 18.0. The maximum atomic E-state index is 12.5. The van der Waals surface area contributed by atoms with Gasteiger partial charge in [0.15, 0.2) is 0 Å². The fourth-order valence-corrected chi connectivity index (χ4v) is 4.92. The Hall–Kier alpha value is -1.60. The van der Waals surface area contributed by atoms with Crippen molar-refractivity contribution in [1.82, 2.24) is 10.0 Å². The maximum Gasteiger partial charge on any atom is 0.239 e. The van der Waals surface area contributed by atoms with Gasteiger partial charge in [-0.25, -0.2) is 13.1 Å². The Balaban J connectivity index is 1.41. The van der Waals surface area contributed by atoms with E-state index in [2.05, 4.69) is 40.1 Å². The highest BCUT2D eigenvalue weighted by Crippen LogP contribution is 2.28. The van der Waals surface area contributed by atoms with Gasteiger partial charge in [-0.1, -0.05) is 17.7 Å². The second-order valence-corrected chi connectivity index (χ2v) is 10.9. The summed E-state index contributed by atoms with van der Waals surface area (Å²) in [5, 5.41) is 2.78. The van der Waals surface area contributed by atoms with E-state index in [9.17, 15) is 13.2 Å². The number of rotatable bonds is 7. The second kappa shape index (κ2) is 8.82. The van der Waals surface area contributed by atoms with Crippen LogP contribution in [0.3, 0.4) is 0 Å². The fourth-order valence-electron chi connectivity index (χ4n) is 4.12. The molecule has 0 spiro atoms. The Morgan fingerprint density at radius 1 is 1.21 bits per heavy atom. The van der Waals surface area contributed by atoms with Crippen molar-refractivity contribution in [1.29, 1.82) is 0 Å². The molecule has 1 fully saturated rings. The number of hydrogen-bond acceptors (Lipinski definition) is 4. The lowest BCUT2D eigenvalue weighted by Gasteiger charge is -2.30. The quantitative estimate of drug-likeness (QED) is 0.727. The number of hydrogen-bond donors (Lipinski definition) is 2. The van der Waals surface area contributed by atoms with Crippen LogP contribution in [0.15, 0.2) is 18.2 Å². The number of aryl methyl sites for hydroxylation is 1. The molecule has 2 aliphatic rings. The van der Waals surface area contributed by atoms with Gasteiger partial charge in [-0.05, 0) is 70.4 Å². The Bertz CT molecular complexity index is 799. The SMILES string of the molecule is Cc1ccc2c(c1)CCN2CC(=O)NC1CCC(CNS(=O)(=O)C(C)C)CC1. The van der Waals surface area contributed by atoms with Crippen molar-refractivity contribution < 1.29 is 13.2 Å². The molecule has 1 aliphatic carbocycles. The first kappa shape index (κ1) is 21.1. The predicted molar refractivity (Wildman–Crippen MR) is 113 cm³/mol. The Kier molecular flexibility index (Phi) is 6.65. The number of carbonyl (C=O) groups excluding carboxylic acids is 1. The van der Waals surface area contributed by atoms with Crippen molar-refractivity contribution in [2.24, 2.45) is 5.92 Å². The highest BCUT2D eigenvalue weighted by molar-refractivity contribution is 7.90. The van der Waals surface area contributed by atoms with Gasteiger partial charge in [-0.15, -0.1) is 0 Å². The van der Waals surface area contributed by atoms with Crippen LogP contribution in [-0.2, 0) is 21.2 Å². The van der Waals surface area contributed by atoms with E-state index in [1.807, 2.05) is 0 Å². The topological polar surface area (TPSA) is 78.5 Å². The molecule has 0 aromatic heterocycles. The van der Waals surface area contributed by atoms with Crippen LogP contribution in [0.5, 0.6) is 0 Å². The zero-order valence-electron chi connectivity index (χ0n) is 17.2. The van der Waals surface area contributed by atoms with Crippen LogP contribution in [0.2, 0.25) is 0 Å². The minimum absolute atomic E-state index is 0.0809. The third kappa shape index (κ3) is 5.26. The molecule has 1 amide bonds. The predicted octanol–water partition coefficient (Wildman–Crippen LogP) is 2.36. The average Bonchev–Trinajstić information content (AvgIpc) is 3.02. The van der Waals surface area contributed by atoms with E-state index in [0.717, 1.165) is 38.6 Å². The lowest BCUT2D eigenvalue weighted by molar-refractivity contribution is -0.120. The van der Waals surface area contributed by atoms with Gasteiger partial charge in [0.2, 0.25) is 15.9 Å². The molecule has 6 nitrogen and oxygen atoms in total. The minimum atomic E-state index is -3.20. The molecule has 1 aromatic rings. The highest BCUT2D eigenvalue weighted by atomic mass is 32.2. The molecule has 0 radical (unpaired) electrons. The number of benzene rings is 1. The number of fused-ring (bicyclic) bond motifs is 1. The van der Waals surface area contributed by atoms with Gasteiger partial charge in [-0.2, -0.15) is 0 Å². The molecule has 2 N–H and O–H groups in total. The normalized spacial score (nSPS) is 22.4. The molecule has 7 heteroatoms. The summed E-state index contributed by atoms with van der Waals surface area (Å²) < 4.78 is 26.5. The minimum Gasteiger partial charge on any atom is -0.362 e. The summed E-state index contributed by atoms with van der Waals surface area (Å²) in [6.07, 6.45) is 4.71. The van der Waals surface area contributed by atoms with Crippen molar-refractivity contribution >= 4 is 21.6 Å². The van der Waals surface area contributed by atoms with Gasteiger partial charge < -0.3 is 10.2 Å². The van der Waals surface area contributed by atoms with E-state index in [1.165, 1.54) is 16.8 Å². The van der Waals surface area contributed by atoms with Gasteiger partial charge in [0, 0.05) is 24.8 Å². The summed E-state index contributed by atoms with van der Waals surface area (Å²) in [7, 11) is -3.20. The molecule has 0 bridgehead atoms. The third-order valence-electron chi connectivity index (χ3n) is 5.97. The first-order valence-electron chi connectivity index (χ1n) is 10.4. The van der Waals surface area contributed by atoms with Crippen LogP contribution in [0.1, 0.15) is 50.7 Å². The Morgan fingerprint density at radius 2 is 1.93 bits per heavy atom. The number of sulfonamides is 1. The summed E-state index contributed by atoms with van der Waals surface area (Å²) >= 11 is 0. The summed E-state index contributed by atoms with van der Waals surface area (Å²) in [6, 6.07) is 6.63. The van der Waals surface area contributed by atoms with Crippen molar-refractivity contribution in [3.8, 4) is 0 Å². The van der Waals surface area contributed by atoms with Crippen LogP contribution in [0.25, 0.3) is 0 Å². The maximum absolute atomic E-state index is 12.5. The Morgan fingerprint density at radius 3 is 2.61 bits per heavy atom. The summed E-state index contributed by atoms with van der Waals surface area (Å²) in [5.74, 6) is 0.438. The molecule has 0 atom stereocenters. The van der Waals surface area contributed by atoms with Crippen molar-refractivity contribution in [2.75, 3.05) is 24.5 Å². The smallest absolute Gasteiger partial charge is 0.239 e. The lowest BCUT2D eigenvalue weighted by Crippen LogP contribution is -2.44. The molecule has 28 heavy (non-hydrogen) atoms. The lowest BCUT2D eigenvalue weighted by atomic mass is 9.86. The Labute approximate surface area is 169 Å². The molecule has 1 saturated carbocycles. The molecule has 1 heterocycles. The molecule has 1 aromatic carbocycles. The van der Waals surface area contributed by atoms with Crippen molar-refractivity contribution in [2.45, 2.75) is 64.2 Å². The van der Waals surface area contributed by atoms with Gasteiger partial charge in [0.1, 0.15) is 0 Å². The molecule has 1 aliphatic heterocycles. The van der Waals surface area contributed by atoms with Crippen LogP contribution in [0, 0.1) is 12.8 Å². The molecule has 0 unspecified atom stereocenters. The zero-order chi connectivity index (χ0) is 20.3. The van der Waals surface area contributed by atoms with Crippen LogP contribution < -0.4 is 14.9 Å². The van der Waals surface area contributed by atoms with E-state index in [0.29, 0.717) is 19.0 Å². The third-order valence-corrected chi connectivity index (χ3v) is 7.78. The van der Waals surface area contributed by atoms with Gasteiger partial charge >= 0.3 is 0 Å². The van der Waals surface area contributed by atoms with E-state index in [-0.39, 0.29) is 11.9 Å².